The molecule has 0 fully saturated rings. The van der Waals surface area contributed by atoms with Crippen molar-refractivity contribution in [2.75, 3.05) is 0 Å². The number of hydrogen-bond acceptors (Lipinski definition) is 2. The number of nitrogens with zero attached hydrogens (tertiary/aromatic N) is 3. The van der Waals surface area contributed by atoms with Gasteiger partial charge in [0.15, 0.2) is 0 Å². The zero-order valence-corrected chi connectivity index (χ0v) is 7.54. The molecule has 0 aromatic carbocycles. The quantitative estimate of drug-likeness (QED) is 0.676. The molecular weight excluding hydrogens is 150 g/mol. The smallest absolute Gasteiger partial charge is 0.108 e. The topological polar surface area (TPSA) is 41.6 Å². The summed E-state index contributed by atoms with van der Waals surface area (Å²) in [5.74, 6) is 1.07. The van der Waals surface area contributed by atoms with Gasteiger partial charge in [-0.15, -0.1) is 0 Å². The molecule has 0 radical (unpaired) electrons. The molecule has 0 amide bonds. The predicted molar refractivity (Wildman–Crippen MR) is 46.5 cm³/mol. The van der Waals surface area contributed by atoms with E-state index in [4.69, 9.17) is 5.26 Å². The first-order valence-electron chi connectivity index (χ1n) is 4.16. The predicted octanol–water partition coefficient (Wildman–Crippen LogP) is 1.44. The molecular formula is C9H13N3. The van der Waals surface area contributed by atoms with Crippen molar-refractivity contribution < 1.29 is 0 Å². The molecule has 0 unspecified atom stereocenters. The average molecular weight is 163 g/mol. The van der Waals surface area contributed by atoms with Crippen LogP contribution in [0.4, 0.5) is 0 Å². The minimum Gasteiger partial charge on any atom is -0.338 e. The van der Waals surface area contributed by atoms with Crippen molar-refractivity contribution in [1.29, 1.82) is 5.26 Å². The zero-order valence-electron chi connectivity index (χ0n) is 7.54. The summed E-state index contributed by atoms with van der Waals surface area (Å²) < 4.78 is 2.00. The van der Waals surface area contributed by atoms with Gasteiger partial charge in [-0.1, -0.05) is 6.92 Å². The molecule has 0 N–H and O–H groups in total. The third-order valence-electron chi connectivity index (χ3n) is 1.76. The summed E-state index contributed by atoms with van der Waals surface area (Å²) in [7, 11) is 1.97. The highest BCUT2D eigenvalue weighted by Gasteiger charge is 2.02. The van der Waals surface area contributed by atoms with Gasteiger partial charge in [-0.2, -0.15) is 5.26 Å². The molecule has 1 aromatic rings. The van der Waals surface area contributed by atoms with Crippen molar-refractivity contribution in [2.45, 2.75) is 26.2 Å². The maximum atomic E-state index is 8.45. The highest BCUT2D eigenvalue weighted by atomic mass is 15.0. The van der Waals surface area contributed by atoms with Gasteiger partial charge in [0.1, 0.15) is 5.82 Å². The number of aromatic nitrogens is 2. The van der Waals surface area contributed by atoms with Crippen molar-refractivity contribution in [2.24, 2.45) is 7.05 Å². The molecule has 12 heavy (non-hydrogen) atoms. The van der Waals surface area contributed by atoms with Crippen LogP contribution in [0.2, 0.25) is 0 Å². The molecule has 1 heterocycles. The molecule has 3 nitrogen and oxygen atoms in total. The second-order valence-corrected chi connectivity index (χ2v) is 2.84. The monoisotopic (exact) mass is 163 g/mol. The summed E-state index contributed by atoms with van der Waals surface area (Å²) in [5, 5.41) is 8.45. The zero-order chi connectivity index (χ0) is 8.97. The number of aryl methyl sites for hydroxylation is 2. The van der Waals surface area contributed by atoms with Crippen LogP contribution in [0, 0.1) is 11.3 Å². The van der Waals surface area contributed by atoms with E-state index in [2.05, 4.69) is 18.0 Å². The largest absolute Gasteiger partial charge is 0.338 e. The van der Waals surface area contributed by atoms with Crippen molar-refractivity contribution in [3.63, 3.8) is 0 Å². The molecule has 0 saturated carbocycles. The van der Waals surface area contributed by atoms with Crippen LogP contribution in [0.5, 0.6) is 0 Å². The van der Waals surface area contributed by atoms with E-state index in [1.807, 2.05) is 17.8 Å². The Morgan fingerprint density at radius 1 is 1.67 bits per heavy atom. The number of rotatable bonds is 3. The van der Waals surface area contributed by atoms with Crippen LogP contribution in [-0.2, 0) is 19.9 Å². The molecule has 0 bridgehead atoms. The van der Waals surface area contributed by atoms with Crippen LogP contribution < -0.4 is 0 Å². The second-order valence-electron chi connectivity index (χ2n) is 2.84. The number of nitriles is 1. The molecule has 1 rings (SSSR count). The van der Waals surface area contributed by atoms with Gasteiger partial charge in [0.05, 0.1) is 18.2 Å². The summed E-state index contributed by atoms with van der Waals surface area (Å²) in [6.45, 7) is 2.12. The van der Waals surface area contributed by atoms with Crippen LogP contribution >= 0.6 is 0 Å². The Kier molecular flexibility index (Phi) is 2.87. The van der Waals surface area contributed by atoms with Crippen LogP contribution in [0.3, 0.4) is 0 Å². The SMILES string of the molecule is CCCc1nc(CC#N)cn1C. The fourth-order valence-electron chi connectivity index (χ4n) is 1.19. The Morgan fingerprint density at radius 3 is 3.00 bits per heavy atom. The Morgan fingerprint density at radius 2 is 2.42 bits per heavy atom. The fraction of sp³-hybridized carbons (Fsp3) is 0.556. The van der Waals surface area contributed by atoms with E-state index >= 15 is 0 Å². The Bertz CT molecular complexity index is 293. The number of imidazole rings is 1. The van der Waals surface area contributed by atoms with Gasteiger partial charge in [-0.3, -0.25) is 0 Å². The van der Waals surface area contributed by atoms with E-state index in [1.165, 1.54) is 0 Å². The van der Waals surface area contributed by atoms with Gasteiger partial charge in [0.2, 0.25) is 0 Å². The molecule has 0 aliphatic rings. The van der Waals surface area contributed by atoms with Gasteiger partial charge in [0, 0.05) is 19.7 Å². The molecule has 3 heteroatoms. The summed E-state index contributed by atoms with van der Waals surface area (Å²) >= 11 is 0. The Hall–Kier alpha value is -1.30. The third kappa shape index (κ3) is 1.85. The molecule has 0 saturated heterocycles. The van der Waals surface area contributed by atoms with Crippen LogP contribution in [-0.4, -0.2) is 9.55 Å². The summed E-state index contributed by atoms with van der Waals surface area (Å²) in [4.78, 5) is 4.33. The fourth-order valence-corrected chi connectivity index (χ4v) is 1.19. The highest BCUT2D eigenvalue weighted by molar-refractivity contribution is 5.08. The van der Waals surface area contributed by atoms with Crippen molar-refractivity contribution in [3.8, 4) is 6.07 Å². The van der Waals surface area contributed by atoms with Crippen molar-refractivity contribution in [3.05, 3.63) is 17.7 Å². The lowest BCUT2D eigenvalue weighted by atomic mass is 10.3. The lowest BCUT2D eigenvalue weighted by Gasteiger charge is -1.95. The van der Waals surface area contributed by atoms with Gasteiger partial charge < -0.3 is 4.57 Å². The Labute approximate surface area is 72.7 Å². The van der Waals surface area contributed by atoms with E-state index in [0.29, 0.717) is 6.42 Å². The van der Waals surface area contributed by atoms with Crippen molar-refractivity contribution >= 4 is 0 Å². The first kappa shape index (κ1) is 8.79. The summed E-state index contributed by atoms with van der Waals surface area (Å²) in [6.07, 6.45) is 4.42. The minimum absolute atomic E-state index is 0.414. The second kappa shape index (κ2) is 3.91. The molecule has 64 valence electrons. The van der Waals surface area contributed by atoms with Crippen LogP contribution in [0.15, 0.2) is 6.20 Å². The summed E-state index contributed by atoms with van der Waals surface area (Å²) in [5.41, 5.74) is 0.878. The maximum absolute atomic E-state index is 8.45. The number of hydrogen-bond donors (Lipinski definition) is 0. The van der Waals surface area contributed by atoms with E-state index in [0.717, 1.165) is 24.4 Å². The lowest BCUT2D eigenvalue weighted by molar-refractivity contribution is 0.758. The van der Waals surface area contributed by atoms with Gasteiger partial charge in [-0.25, -0.2) is 4.98 Å². The maximum Gasteiger partial charge on any atom is 0.108 e. The third-order valence-corrected chi connectivity index (χ3v) is 1.76. The molecule has 0 atom stereocenters. The summed E-state index contributed by atoms with van der Waals surface area (Å²) in [6, 6.07) is 2.09. The van der Waals surface area contributed by atoms with Gasteiger partial charge >= 0.3 is 0 Å². The molecule has 0 aliphatic carbocycles. The van der Waals surface area contributed by atoms with Crippen LogP contribution in [0.1, 0.15) is 24.9 Å². The Balaban J connectivity index is 2.79. The molecule has 0 aliphatic heterocycles. The van der Waals surface area contributed by atoms with Gasteiger partial charge in [0.25, 0.3) is 0 Å². The van der Waals surface area contributed by atoms with E-state index in [1.54, 1.807) is 0 Å². The molecule has 0 spiro atoms. The van der Waals surface area contributed by atoms with E-state index < -0.39 is 0 Å². The van der Waals surface area contributed by atoms with Crippen molar-refractivity contribution in [1.82, 2.24) is 9.55 Å². The first-order chi connectivity index (χ1) is 5.77. The first-order valence-corrected chi connectivity index (χ1v) is 4.16. The minimum atomic E-state index is 0.414. The van der Waals surface area contributed by atoms with E-state index in [-0.39, 0.29) is 0 Å². The lowest BCUT2D eigenvalue weighted by Crippen LogP contribution is -1.95. The van der Waals surface area contributed by atoms with E-state index in [9.17, 15) is 0 Å². The van der Waals surface area contributed by atoms with Gasteiger partial charge in [-0.05, 0) is 6.42 Å². The average Bonchev–Trinajstić information content (AvgIpc) is 2.34. The van der Waals surface area contributed by atoms with Crippen LogP contribution in [0.25, 0.3) is 0 Å². The highest BCUT2D eigenvalue weighted by Crippen LogP contribution is 2.04. The standard InChI is InChI=1S/C9H13N3/c1-3-4-9-11-8(5-6-10)7-12(9)2/h7H,3-5H2,1-2H3. The molecule has 1 aromatic heterocycles. The normalized spacial score (nSPS) is 9.75.